The van der Waals surface area contributed by atoms with Crippen molar-refractivity contribution in [3.05, 3.63) is 59.5 Å². The Kier molecular flexibility index (Phi) is 5.63. The zero-order valence-corrected chi connectivity index (χ0v) is 16.3. The van der Waals surface area contributed by atoms with E-state index in [9.17, 15) is 8.78 Å². The van der Waals surface area contributed by atoms with Crippen LogP contribution >= 0.6 is 0 Å². The number of aromatic nitrogens is 2. The van der Waals surface area contributed by atoms with Gasteiger partial charge in [0.2, 0.25) is 11.7 Å². The lowest BCUT2D eigenvalue weighted by molar-refractivity contribution is 0.284. The first-order valence-electron chi connectivity index (χ1n) is 8.83. The highest BCUT2D eigenvalue weighted by atomic mass is 19.2. The summed E-state index contributed by atoms with van der Waals surface area (Å²) in [6.07, 6.45) is 0.673. The third-order valence-electron chi connectivity index (χ3n) is 3.95. The first-order valence-corrected chi connectivity index (χ1v) is 8.83. The Morgan fingerprint density at radius 1 is 1.00 bits per heavy atom. The molecule has 0 saturated heterocycles. The third kappa shape index (κ3) is 4.85. The molecule has 0 aliphatic heterocycles. The van der Waals surface area contributed by atoms with E-state index >= 15 is 0 Å². The molecule has 0 spiro atoms. The van der Waals surface area contributed by atoms with E-state index in [2.05, 4.69) is 30.9 Å². The van der Waals surface area contributed by atoms with Gasteiger partial charge in [-0.2, -0.15) is 4.98 Å². The standard InChI is InChI=1S/C21H22F2N2O3/c1-21(2,3)11-19-24-20(25-28-19)14-6-8-17(18(10-14)26-4)27-12-13-5-7-15(22)16(23)9-13/h5-10H,11-12H2,1-4H3. The van der Waals surface area contributed by atoms with E-state index in [1.807, 2.05) is 0 Å². The molecule has 28 heavy (non-hydrogen) atoms. The summed E-state index contributed by atoms with van der Waals surface area (Å²) in [5, 5.41) is 4.03. The Hall–Kier alpha value is -2.96. The van der Waals surface area contributed by atoms with Crippen LogP contribution in [-0.2, 0) is 13.0 Å². The lowest BCUT2D eigenvalue weighted by Gasteiger charge is -2.13. The second-order valence-electron chi connectivity index (χ2n) is 7.65. The molecule has 7 heteroatoms. The molecule has 0 fully saturated rings. The van der Waals surface area contributed by atoms with Crippen LogP contribution in [-0.4, -0.2) is 17.3 Å². The third-order valence-corrected chi connectivity index (χ3v) is 3.95. The normalized spacial score (nSPS) is 11.5. The van der Waals surface area contributed by atoms with Crippen molar-refractivity contribution < 1.29 is 22.8 Å². The molecule has 0 radical (unpaired) electrons. The average molecular weight is 388 g/mol. The van der Waals surface area contributed by atoms with Gasteiger partial charge in [-0.25, -0.2) is 8.78 Å². The summed E-state index contributed by atoms with van der Waals surface area (Å²) in [5.41, 5.74) is 1.27. The monoisotopic (exact) mass is 388 g/mol. The average Bonchev–Trinajstić information content (AvgIpc) is 3.09. The number of ether oxygens (including phenoxy) is 2. The van der Waals surface area contributed by atoms with Crippen LogP contribution in [0.25, 0.3) is 11.4 Å². The van der Waals surface area contributed by atoms with Gasteiger partial charge in [0.25, 0.3) is 0 Å². The molecule has 5 nitrogen and oxygen atoms in total. The van der Waals surface area contributed by atoms with Crippen LogP contribution in [0.2, 0.25) is 0 Å². The minimum absolute atomic E-state index is 0.0407. The predicted octanol–water partition coefficient (Wildman–Crippen LogP) is 5.19. The summed E-state index contributed by atoms with van der Waals surface area (Å²) in [7, 11) is 1.52. The first-order chi connectivity index (χ1) is 13.2. The highest BCUT2D eigenvalue weighted by Crippen LogP contribution is 2.32. The number of methoxy groups -OCH3 is 1. The van der Waals surface area contributed by atoms with E-state index < -0.39 is 11.6 Å². The molecule has 1 heterocycles. The maximum absolute atomic E-state index is 13.3. The van der Waals surface area contributed by atoms with Gasteiger partial charge in [-0.05, 0) is 41.3 Å². The zero-order chi connectivity index (χ0) is 20.3. The van der Waals surface area contributed by atoms with E-state index in [0.29, 0.717) is 35.2 Å². The maximum atomic E-state index is 13.3. The quantitative estimate of drug-likeness (QED) is 0.582. The molecule has 2 aromatic carbocycles. The van der Waals surface area contributed by atoms with Crippen LogP contribution in [0.1, 0.15) is 32.2 Å². The fourth-order valence-corrected chi connectivity index (χ4v) is 2.61. The van der Waals surface area contributed by atoms with Gasteiger partial charge >= 0.3 is 0 Å². The minimum atomic E-state index is -0.911. The fraction of sp³-hybridized carbons (Fsp3) is 0.333. The summed E-state index contributed by atoms with van der Waals surface area (Å²) in [6.45, 7) is 6.36. The highest BCUT2D eigenvalue weighted by molar-refractivity contribution is 5.60. The number of rotatable bonds is 6. The summed E-state index contributed by atoms with van der Waals surface area (Å²) < 4.78 is 42.7. The van der Waals surface area contributed by atoms with Crippen LogP contribution in [0, 0.1) is 17.0 Å². The first kappa shape index (κ1) is 19.8. The van der Waals surface area contributed by atoms with Gasteiger partial charge in [0.05, 0.1) is 7.11 Å². The molecule has 0 amide bonds. The SMILES string of the molecule is COc1cc(-c2noc(CC(C)(C)C)n2)ccc1OCc1ccc(F)c(F)c1. The second kappa shape index (κ2) is 7.96. The summed E-state index contributed by atoms with van der Waals surface area (Å²) in [5.74, 6) is 0.171. The van der Waals surface area contributed by atoms with Crippen molar-refractivity contribution in [1.82, 2.24) is 10.1 Å². The van der Waals surface area contributed by atoms with Crippen LogP contribution in [0.3, 0.4) is 0 Å². The smallest absolute Gasteiger partial charge is 0.227 e. The molecule has 0 aliphatic carbocycles. The van der Waals surface area contributed by atoms with Crippen LogP contribution in [0.5, 0.6) is 11.5 Å². The number of nitrogens with zero attached hydrogens (tertiary/aromatic N) is 2. The Balaban J connectivity index is 1.75. The van der Waals surface area contributed by atoms with Gasteiger partial charge in [0.1, 0.15) is 6.61 Å². The Labute approximate surface area is 162 Å². The molecule has 0 saturated carbocycles. The van der Waals surface area contributed by atoms with Crippen molar-refractivity contribution in [3.8, 4) is 22.9 Å². The van der Waals surface area contributed by atoms with Crippen molar-refractivity contribution in [1.29, 1.82) is 0 Å². The molecule has 3 rings (SSSR count). The van der Waals surface area contributed by atoms with Crippen molar-refractivity contribution in [2.24, 2.45) is 5.41 Å². The van der Waals surface area contributed by atoms with E-state index in [-0.39, 0.29) is 12.0 Å². The number of benzene rings is 2. The number of hydrogen-bond acceptors (Lipinski definition) is 5. The van der Waals surface area contributed by atoms with E-state index in [1.165, 1.54) is 13.2 Å². The van der Waals surface area contributed by atoms with Crippen LogP contribution < -0.4 is 9.47 Å². The summed E-state index contributed by atoms with van der Waals surface area (Å²) >= 11 is 0. The number of hydrogen-bond donors (Lipinski definition) is 0. The minimum Gasteiger partial charge on any atom is -0.493 e. The van der Waals surface area contributed by atoms with Gasteiger partial charge in [0.15, 0.2) is 23.1 Å². The van der Waals surface area contributed by atoms with Crippen LogP contribution in [0.15, 0.2) is 40.9 Å². The lowest BCUT2D eigenvalue weighted by atomic mass is 9.92. The van der Waals surface area contributed by atoms with Crippen molar-refractivity contribution in [2.45, 2.75) is 33.8 Å². The van der Waals surface area contributed by atoms with Crippen molar-refractivity contribution >= 4 is 0 Å². The van der Waals surface area contributed by atoms with Gasteiger partial charge in [-0.15, -0.1) is 0 Å². The molecule has 148 valence electrons. The predicted molar refractivity (Wildman–Crippen MR) is 100 cm³/mol. The number of halogens is 2. The molecule has 0 unspecified atom stereocenters. The van der Waals surface area contributed by atoms with Gasteiger partial charge in [-0.3, -0.25) is 0 Å². The Bertz CT molecular complexity index is 965. The molecule has 0 atom stereocenters. The van der Waals surface area contributed by atoms with Gasteiger partial charge in [-0.1, -0.05) is 32.0 Å². The molecule has 0 bridgehead atoms. The molecule has 3 aromatic rings. The molecular formula is C21H22F2N2O3. The van der Waals surface area contributed by atoms with Gasteiger partial charge < -0.3 is 14.0 Å². The zero-order valence-electron chi connectivity index (χ0n) is 16.3. The second-order valence-corrected chi connectivity index (χ2v) is 7.65. The van der Waals surface area contributed by atoms with E-state index in [1.54, 1.807) is 18.2 Å². The van der Waals surface area contributed by atoms with E-state index in [4.69, 9.17) is 14.0 Å². The molecule has 0 aliphatic rings. The Morgan fingerprint density at radius 3 is 2.46 bits per heavy atom. The molecule has 1 aromatic heterocycles. The van der Waals surface area contributed by atoms with Crippen LogP contribution in [0.4, 0.5) is 8.78 Å². The van der Waals surface area contributed by atoms with Crippen molar-refractivity contribution in [2.75, 3.05) is 7.11 Å². The fourth-order valence-electron chi connectivity index (χ4n) is 2.61. The summed E-state index contributed by atoms with van der Waals surface area (Å²) in [6, 6.07) is 8.89. The summed E-state index contributed by atoms with van der Waals surface area (Å²) in [4.78, 5) is 4.43. The highest BCUT2D eigenvalue weighted by Gasteiger charge is 2.18. The largest absolute Gasteiger partial charge is 0.493 e. The Morgan fingerprint density at radius 2 is 1.79 bits per heavy atom. The van der Waals surface area contributed by atoms with Crippen molar-refractivity contribution in [3.63, 3.8) is 0 Å². The topological polar surface area (TPSA) is 57.4 Å². The molecule has 0 N–H and O–H groups in total. The maximum Gasteiger partial charge on any atom is 0.227 e. The van der Waals surface area contributed by atoms with E-state index in [0.717, 1.165) is 17.7 Å². The lowest BCUT2D eigenvalue weighted by Crippen LogP contribution is -2.09. The molecular weight excluding hydrogens is 366 g/mol. The van der Waals surface area contributed by atoms with Gasteiger partial charge in [0, 0.05) is 12.0 Å².